The van der Waals surface area contributed by atoms with Crippen LogP contribution in [0.5, 0.6) is 5.75 Å². The van der Waals surface area contributed by atoms with E-state index in [0.29, 0.717) is 16.7 Å². The number of halogens is 2. The molecule has 2 aromatic carbocycles. The zero-order valence-corrected chi connectivity index (χ0v) is 13.0. The highest BCUT2D eigenvalue weighted by atomic mass is 35.5. The van der Waals surface area contributed by atoms with E-state index in [9.17, 15) is 0 Å². The molecular weight excluding hydrogens is 293 g/mol. The quantitative estimate of drug-likeness (QED) is 0.871. The lowest BCUT2D eigenvalue weighted by atomic mass is 10.1. The van der Waals surface area contributed by atoms with E-state index >= 15 is 0 Å². The largest absolute Gasteiger partial charge is 0.488 e. The predicted molar refractivity (Wildman–Crippen MR) is 84.6 cm³/mol. The third kappa shape index (κ3) is 3.45. The smallest absolute Gasteiger partial charge is 0.124 e. The molecule has 4 heteroatoms. The van der Waals surface area contributed by atoms with Crippen molar-refractivity contribution in [3.8, 4) is 5.75 Å². The summed E-state index contributed by atoms with van der Waals surface area (Å²) in [5.41, 5.74) is 8.84. The molecule has 1 atom stereocenters. The van der Waals surface area contributed by atoms with Gasteiger partial charge in [-0.15, -0.1) is 0 Å². The molecular formula is C16H17Cl2NO. The van der Waals surface area contributed by atoms with E-state index in [1.165, 1.54) is 0 Å². The Bertz CT molecular complexity index is 591. The van der Waals surface area contributed by atoms with E-state index in [1.807, 2.05) is 38.1 Å². The van der Waals surface area contributed by atoms with Crippen molar-refractivity contribution in [1.29, 1.82) is 0 Å². The van der Waals surface area contributed by atoms with E-state index in [0.717, 1.165) is 22.4 Å². The van der Waals surface area contributed by atoms with E-state index in [-0.39, 0.29) is 6.04 Å². The Morgan fingerprint density at radius 2 is 1.80 bits per heavy atom. The van der Waals surface area contributed by atoms with Crippen LogP contribution >= 0.6 is 23.2 Å². The number of benzene rings is 2. The third-order valence-corrected chi connectivity index (χ3v) is 3.80. The molecule has 0 aromatic heterocycles. The van der Waals surface area contributed by atoms with E-state index in [1.54, 1.807) is 12.1 Å². The lowest BCUT2D eigenvalue weighted by molar-refractivity contribution is 0.301. The lowest BCUT2D eigenvalue weighted by Gasteiger charge is -2.16. The van der Waals surface area contributed by atoms with Gasteiger partial charge in [0.15, 0.2) is 0 Å². The van der Waals surface area contributed by atoms with Gasteiger partial charge in [-0.3, -0.25) is 0 Å². The minimum Gasteiger partial charge on any atom is -0.488 e. The molecule has 0 saturated carbocycles. The molecule has 2 aromatic rings. The molecule has 0 aliphatic rings. The van der Waals surface area contributed by atoms with E-state index < -0.39 is 0 Å². The molecule has 0 spiro atoms. The third-order valence-electron chi connectivity index (χ3n) is 3.09. The Morgan fingerprint density at radius 3 is 2.40 bits per heavy atom. The molecule has 0 aliphatic carbocycles. The lowest BCUT2D eigenvalue weighted by Crippen LogP contribution is -2.08. The van der Waals surface area contributed by atoms with Crippen molar-refractivity contribution in [3.63, 3.8) is 0 Å². The van der Waals surface area contributed by atoms with Crippen LogP contribution in [0.3, 0.4) is 0 Å². The first-order valence-corrected chi connectivity index (χ1v) is 7.16. The molecule has 0 aliphatic heterocycles. The van der Waals surface area contributed by atoms with Gasteiger partial charge in [-0.05, 0) is 37.6 Å². The number of hydrogen-bond donors (Lipinski definition) is 1. The van der Waals surface area contributed by atoms with Crippen LogP contribution in [0.1, 0.15) is 29.7 Å². The Hall–Kier alpha value is -1.22. The number of rotatable bonds is 4. The SMILES string of the molecule is Cc1ccc(C(C)N)c(OCc2c(Cl)cccc2Cl)c1. The standard InChI is InChI=1S/C16H17Cl2NO/c1-10-6-7-12(11(2)19)16(8-10)20-9-13-14(17)4-3-5-15(13)18/h3-8,11H,9,19H2,1-2H3. The molecule has 0 heterocycles. The fourth-order valence-electron chi connectivity index (χ4n) is 1.96. The van der Waals surface area contributed by atoms with Crippen LogP contribution < -0.4 is 10.5 Å². The molecule has 2 N–H and O–H groups in total. The number of ether oxygens (including phenoxy) is 1. The van der Waals surface area contributed by atoms with Gasteiger partial charge in [-0.1, -0.05) is 41.4 Å². The van der Waals surface area contributed by atoms with Gasteiger partial charge in [0.25, 0.3) is 0 Å². The van der Waals surface area contributed by atoms with Gasteiger partial charge in [0, 0.05) is 27.2 Å². The van der Waals surface area contributed by atoms with Gasteiger partial charge in [-0.2, -0.15) is 0 Å². The van der Waals surface area contributed by atoms with Crippen molar-refractivity contribution in [2.45, 2.75) is 26.5 Å². The Kier molecular flexibility index (Phi) is 4.92. The van der Waals surface area contributed by atoms with Gasteiger partial charge < -0.3 is 10.5 Å². The highest BCUT2D eigenvalue weighted by Gasteiger charge is 2.11. The molecule has 0 fully saturated rings. The normalized spacial score (nSPS) is 12.2. The fraction of sp³-hybridized carbons (Fsp3) is 0.250. The Labute approximate surface area is 129 Å². The molecule has 20 heavy (non-hydrogen) atoms. The molecule has 0 radical (unpaired) electrons. The molecule has 1 unspecified atom stereocenters. The predicted octanol–water partition coefficient (Wildman–Crippen LogP) is 4.90. The van der Waals surface area contributed by atoms with Crippen molar-refractivity contribution in [1.82, 2.24) is 0 Å². The molecule has 2 rings (SSSR count). The maximum atomic E-state index is 6.14. The zero-order chi connectivity index (χ0) is 14.7. The summed E-state index contributed by atoms with van der Waals surface area (Å²) in [7, 11) is 0. The first-order valence-electron chi connectivity index (χ1n) is 6.41. The van der Waals surface area contributed by atoms with Gasteiger partial charge in [-0.25, -0.2) is 0 Å². The monoisotopic (exact) mass is 309 g/mol. The van der Waals surface area contributed by atoms with Gasteiger partial charge in [0.1, 0.15) is 12.4 Å². The highest BCUT2D eigenvalue weighted by molar-refractivity contribution is 6.35. The number of aryl methyl sites for hydroxylation is 1. The van der Waals surface area contributed by atoms with Crippen molar-refractivity contribution < 1.29 is 4.74 Å². The summed E-state index contributed by atoms with van der Waals surface area (Å²) >= 11 is 12.3. The minimum absolute atomic E-state index is 0.0904. The summed E-state index contributed by atoms with van der Waals surface area (Å²) < 4.78 is 5.88. The van der Waals surface area contributed by atoms with Crippen LogP contribution in [0, 0.1) is 6.92 Å². The Balaban J connectivity index is 2.25. The average molecular weight is 310 g/mol. The maximum absolute atomic E-state index is 6.14. The van der Waals surface area contributed by atoms with Gasteiger partial charge in [0.2, 0.25) is 0 Å². The highest BCUT2D eigenvalue weighted by Crippen LogP contribution is 2.29. The zero-order valence-electron chi connectivity index (χ0n) is 11.5. The average Bonchev–Trinajstić information content (AvgIpc) is 2.37. The maximum Gasteiger partial charge on any atom is 0.124 e. The molecule has 0 bridgehead atoms. The Morgan fingerprint density at radius 1 is 1.15 bits per heavy atom. The second-order valence-electron chi connectivity index (χ2n) is 4.82. The van der Waals surface area contributed by atoms with E-state index in [4.69, 9.17) is 33.7 Å². The second kappa shape index (κ2) is 6.49. The minimum atomic E-state index is -0.0904. The molecule has 0 amide bonds. The fourth-order valence-corrected chi connectivity index (χ4v) is 2.47. The van der Waals surface area contributed by atoms with Gasteiger partial charge >= 0.3 is 0 Å². The first-order chi connectivity index (χ1) is 9.49. The molecule has 2 nitrogen and oxygen atoms in total. The van der Waals surface area contributed by atoms with Crippen LogP contribution in [0.4, 0.5) is 0 Å². The van der Waals surface area contributed by atoms with E-state index in [2.05, 4.69) is 0 Å². The van der Waals surface area contributed by atoms with Crippen LogP contribution in [-0.4, -0.2) is 0 Å². The first kappa shape index (κ1) is 15.2. The number of hydrogen-bond acceptors (Lipinski definition) is 2. The van der Waals surface area contributed by atoms with Crippen molar-refractivity contribution in [2.75, 3.05) is 0 Å². The topological polar surface area (TPSA) is 35.2 Å². The molecule has 106 valence electrons. The van der Waals surface area contributed by atoms with Crippen molar-refractivity contribution in [3.05, 3.63) is 63.1 Å². The van der Waals surface area contributed by atoms with Crippen LogP contribution in [0.15, 0.2) is 36.4 Å². The summed E-state index contributed by atoms with van der Waals surface area (Å²) in [5.74, 6) is 0.774. The molecule has 0 saturated heterocycles. The summed E-state index contributed by atoms with van der Waals surface area (Å²) in [4.78, 5) is 0. The van der Waals surface area contributed by atoms with Crippen molar-refractivity contribution in [2.24, 2.45) is 5.73 Å². The van der Waals surface area contributed by atoms with Crippen LogP contribution in [-0.2, 0) is 6.61 Å². The number of nitrogens with two attached hydrogens (primary N) is 1. The second-order valence-corrected chi connectivity index (χ2v) is 5.63. The summed E-state index contributed by atoms with van der Waals surface area (Å²) in [6.07, 6.45) is 0. The van der Waals surface area contributed by atoms with Crippen LogP contribution in [0.2, 0.25) is 10.0 Å². The summed E-state index contributed by atoms with van der Waals surface area (Å²) in [6.45, 7) is 4.27. The summed E-state index contributed by atoms with van der Waals surface area (Å²) in [5, 5.41) is 1.21. The van der Waals surface area contributed by atoms with Crippen LogP contribution in [0.25, 0.3) is 0 Å². The summed E-state index contributed by atoms with van der Waals surface area (Å²) in [6, 6.07) is 11.3. The van der Waals surface area contributed by atoms with Crippen molar-refractivity contribution >= 4 is 23.2 Å². The van der Waals surface area contributed by atoms with Gasteiger partial charge in [0.05, 0.1) is 0 Å².